The maximum Gasteiger partial charge on any atom is 0.112 e. The molecule has 0 amide bonds. The molecule has 0 fully saturated rings. The molecule has 0 radical (unpaired) electrons. The quantitative estimate of drug-likeness (QED) is 0.579. The monoisotopic (exact) mass is 256 g/mol. The van der Waals surface area contributed by atoms with E-state index in [1.165, 1.54) is 0 Å². The lowest BCUT2D eigenvalue weighted by molar-refractivity contribution is 0.995. The Bertz CT molecular complexity index is 23.8. The van der Waals surface area contributed by atoms with Crippen molar-refractivity contribution in [2.45, 2.75) is 18.2 Å². The first-order valence-corrected chi connectivity index (χ1v) is 2.13. The summed E-state index contributed by atoms with van der Waals surface area (Å²) in [5, 5.41) is 0. The van der Waals surface area contributed by atoms with Gasteiger partial charge in [-0.15, -0.1) is 72.8 Å². The van der Waals surface area contributed by atoms with Gasteiger partial charge in [0, 0.05) is 0 Å². The maximum absolute atomic E-state index is 5.30. The van der Waals surface area contributed by atoms with Crippen molar-refractivity contribution in [3.05, 3.63) is 0 Å². The molecule has 0 aromatic carbocycles. The van der Waals surface area contributed by atoms with E-state index in [1.54, 1.807) is 13.8 Å². The van der Waals surface area contributed by atoms with Crippen molar-refractivity contribution in [2.24, 2.45) is 0 Å². The average molecular weight is 259 g/mol. The van der Waals surface area contributed by atoms with E-state index in [2.05, 4.69) is 0 Å². The second-order valence-corrected chi connectivity index (χ2v) is 3.41. The molecule has 0 aliphatic rings. The van der Waals surface area contributed by atoms with Gasteiger partial charge in [-0.05, 0) is 13.8 Å². The SMILES string of the molecule is CC(C)(Cl)Cl.Cl.Cl.Cl.Cl. The molecule has 64 valence electrons. The Morgan fingerprint density at radius 2 is 0.778 bits per heavy atom. The molecule has 0 saturated carbocycles. The molecule has 0 spiro atoms. The van der Waals surface area contributed by atoms with Gasteiger partial charge in [-0.2, -0.15) is 0 Å². The van der Waals surface area contributed by atoms with Crippen molar-refractivity contribution in [2.75, 3.05) is 0 Å². The second-order valence-electron chi connectivity index (χ2n) is 1.33. The van der Waals surface area contributed by atoms with Gasteiger partial charge in [-0.25, -0.2) is 0 Å². The summed E-state index contributed by atoms with van der Waals surface area (Å²) >= 11 is 10.6. The third kappa shape index (κ3) is 193. The number of alkyl halides is 2. The molecule has 0 aliphatic carbocycles. The lowest BCUT2D eigenvalue weighted by Gasteiger charge is -1.98. The molecule has 0 aliphatic heterocycles. The summed E-state index contributed by atoms with van der Waals surface area (Å²) in [6.07, 6.45) is 0. The van der Waals surface area contributed by atoms with Crippen LogP contribution in [-0.4, -0.2) is 4.33 Å². The first-order chi connectivity index (χ1) is 2.00. The minimum Gasteiger partial charge on any atom is -0.147 e. The van der Waals surface area contributed by atoms with Crippen molar-refractivity contribution >= 4 is 72.8 Å². The van der Waals surface area contributed by atoms with E-state index in [1.807, 2.05) is 0 Å². The zero-order chi connectivity index (χ0) is 4.50. The highest BCUT2D eigenvalue weighted by molar-refractivity contribution is 6.47. The molecule has 0 bridgehead atoms. The summed E-state index contributed by atoms with van der Waals surface area (Å²) in [4.78, 5) is 0. The van der Waals surface area contributed by atoms with E-state index in [-0.39, 0.29) is 49.6 Å². The third-order valence-electron chi connectivity index (χ3n) is 0. The number of hydrogen-bond acceptors (Lipinski definition) is 0. The predicted molar refractivity (Wildman–Crippen MR) is 54.8 cm³/mol. The molecule has 0 nitrogen and oxygen atoms in total. The predicted octanol–water partition coefficient (Wildman–Crippen LogP) is 3.89. The van der Waals surface area contributed by atoms with Crippen molar-refractivity contribution in [3.63, 3.8) is 0 Å². The van der Waals surface area contributed by atoms with Crippen LogP contribution in [0.15, 0.2) is 0 Å². The Hall–Kier alpha value is 1.74. The van der Waals surface area contributed by atoms with Crippen LogP contribution < -0.4 is 0 Å². The Morgan fingerprint density at radius 1 is 0.778 bits per heavy atom. The van der Waals surface area contributed by atoms with E-state index in [0.717, 1.165) is 0 Å². The lowest BCUT2D eigenvalue weighted by atomic mass is 10.6. The fourth-order valence-electron chi connectivity index (χ4n) is 0. The molecule has 0 heterocycles. The Balaban J connectivity index is -0.0000000133. The molecule has 0 rings (SSSR count). The Kier molecular flexibility index (Phi) is 42.7. The molecule has 9 heavy (non-hydrogen) atoms. The van der Waals surface area contributed by atoms with E-state index in [9.17, 15) is 0 Å². The first-order valence-electron chi connectivity index (χ1n) is 1.38. The fraction of sp³-hybridized carbons (Fsp3) is 1.00. The summed E-state index contributed by atoms with van der Waals surface area (Å²) in [6, 6.07) is 0. The zero-order valence-electron chi connectivity index (χ0n) is 4.89. The van der Waals surface area contributed by atoms with Crippen LogP contribution in [0.1, 0.15) is 13.8 Å². The number of hydrogen-bond donors (Lipinski definition) is 0. The molecular formula is C3H10Cl6. The summed E-state index contributed by atoms with van der Waals surface area (Å²) in [5.41, 5.74) is 0. The summed E-state index contributed by atoms with van der Waals surface area (Å²) in [7, 11) is 0. The lowest BCUT2D eigenvalue weighted by Crippen LogP contribution is -1.93. The van der Waals surface area contributed by atoms with Gasteiger partial charge in [0.15, 0.2) is 0 Å². The van der Waals surface area contributed by atoms with Crippen LogP contribution in [0.3, 0.4) is 0 Å². The summed E-state index contributed by atoms with van der Waals surface area (Å²) in [5.74, 6) is 0. The molecule has 0 saturated heterocycles. The normalized spacial score (nSPS) is 6.67. The van der Waals surface area contributed by atoms with Crippen LogP contribution in [0.2, 0.25) is 0 Å². The standard InChI is InChI=1S/C3H6Cl2.4ClH/c1-3(2,4)5;;;;/h1-2H3;4*1H. The molecular weight excluding hydrogens is 249 g/mol. The number of rotatable bonds is 0. The van der Waals surface area contributed by atoms with Gasteiger partial charge in [0.2, 0.25) is 0 Å². The first kappa shape index (κ1) is 30.9. The van der Waals surface area contributed by atoms with E-state index in [0.29, 0.717) is 0 Å². The van der Waals surface area contributed by atoms with Crippen LogP contribution in [0, 0.1) is 0 Å². The van der Waals surface area contributed by atoms with Gasteiger partial charge in [0.1, 0.15) is 4.33 Å². The van der Waals surface area contributed by atoms with Gasteiger partial charge in [-0.3, -0.25) is 0 Å². The van der Waals surface area contributed by atoms with E-state index in [4.69, 9.17) is 23.2 Å². The molecule has 0 aromatic rings. The van der Waals surface area contributed by atoms with Crippen molar-refractivity contribution < 1.29 is 0 Å². The largest absolute Gasteiger partial charge is 0.147 e. The average Bonchev–Trinajstić information content (AvgIpc) is 0.722. The Morgan fingerprint density at radius 3 is 0.778 bits per heavy atom. The van der Waals surface area contributed by atoms with Gasteiger partial charge in [0.05, 0.1) is 0 Å². The van der Waals surface area contributed by atoms with Crippen LogP contribution in [0.4, 0.5) is 0 Å². The van der Waals surface area contributed by atoms with Crippen LogP contribution in [0.25, 0.3) is 0 Å². The van der Waals surface area contributed by atoms with Gasteiger partial charge in [0.25, 0.3) is 0 Å². The molecule has 0 N–H and O–H groups in total. The number of halogens is 6. The molecule has 0 atom stereocenters. The van der Waals surface area contributed by atoms with Crippen LogP contribution in [0.5, 0.6) is 0 Å². The topological polar surface area (TPSA) is 0 Å². The summed E-state index contributed by atoms with van der Waals surface area (Å²) in [6.45, 7) is 3.44. The second kappa shape index (κ2) is 12.4. The van der Waals surface area contributed by atoms with Gasteiger partial charge in [-0.1, -0.05) is 0 Å². The highest BCUT2D eigenvalue weighted by Gasteiger charge is 2.03. The molecule has 6 heteroatoms. The van der Waals surface area contributed by atoms with Crippen molar-refractivity contribution in [3.8, 4) is 0 Å². The minimum absolute atomic E-state index is 0. The van der Waals surface area contributed by atoms with Crippen molar-refractivity contribution in [1.82, 2.24) is 0 Å². The highest BCUT2D eigenvalue weighted by Crippen LogP contribution is 2.16. The van der Waals surface area contributed by atoms with Crippen molar-refractivity contribution in [1.29, 1.82) is 0 Å². The zero-order valence-corrected chi connectivity index (χ0v) is 9.67. The van der Waals surface area contributed by atoms with Crippen LogP contribution >= 0.6 is 72.8 Å². The maximum atomic E-state index is 5.30. The Labute approximate surface area is 90.7 Å². The smallest absolute Gasteiger partial charge is 0.112 e. The van der Waals surface area contributed by atoms with Crippen LogP contribution in [-0.2, 0) is 0 Å². The molecule has 0 unspecified atom stereocenters. The van der Waals surface area contributed by atoms with Gasteiger partial charge >= 0.3 is 0 Å². The highest BCUT2D eigenvalue weighted by atomic mass is 35.5. The molecule has 0 aromatic heterocycles. The summed E-state index contributed by atoms with van der Waals surface area (Å²) < 4.78 is -0.556. The van der Waals surface area contributed by atoms with E-state index >= 15 is 0 Å². The van der Waals surface area contributed by atoms with E-state index < -0.39 is 4.33 Å². The minimum atomic E-state index is -0.556. The fourth-order valence-corrected chi connectivity index (χ4v) is 0. The van der Waals surface area contributed by atoms with Gasteiger partial charge < -0.3 is 0 Å². The third-order valence-corrected chi connectivity index (χ3v) is 0.